The molecule has 0 bridgehead atoms. The highest BCUT2D eigenvalue weighted by Crippen LogP contribution is 2.25. The number of fused-ring (bicyclic) bond motifs is 4. The molecule has 2 heterocycles. The molecule has 5 aromatic rings. The first-order chi connectivity index (χ1) is 18.5. The Bertz CT molecular complexity index is 1680. The number of rotatable bonds is 10. The van der Waals surface area contributed by atoms with Crippen molar-refractivity contribution in [2.24, 2.45) is 0 Å². The van der Waals surface area contributed by atoms with E-state index in [1.807, 2.05) is 54.6 Å². The fraction of sp³-hybridized carbons (Fsp3) is 0.241. The summed E-state index contributed by atoms with van der Waals surface area (Å²) in [6.45, 7) is 0.734. The number of nitrogen functional groups attached to an aromatic ring is 1. The number of benzene rings is 3. The van der Waals surface area contributed by atoms with Gasteiger partial charge in [-0.05, 0) is 43.2 Å². The molecule has 8 nitrogen and oxygen atoms in total. The number of unbranched alkanes of at least 4 members (excludes halogenated alkanes) is 4. The van der Waals surface area contributed by atoms with Gasteiger partial charge in [-0.3, -0.25) is 9.59 Å². The van der Waals surface area contributed by atoms with Crippen molar-refractivity contribution < 1.29 is 4.79 Å². The summed E-state index contributed by atoms with van der Waals surface area (Å²) in [5.74, 6) is 0.659. The second-order valence-electron chi connectivity index (χ2n) is 9.29. The zero-order valence-corrected chi connectivity index (χ0v) is 22.5. The predicted octanol–water partition coefficient (Wildman–Crippen LogP) is 6.13. The number of hydrogen-bond acceptors (Lipinski definition) is 6. The second kappa shape index (κ2) is 11.6. The molecule has 3 aromatic carbocycles. The van der Waals surface area contributed by atoms with E-state index < -0.39 is 0 Å². The molecule has 4 N–H and O–H groups in total. The highest BCUT2D eigenvalue weighted by atomic mass is 79.9. The Balaban J connectivity index is 1.17. The maximum Gasteiger partial charge on any atom is 0.282 e. The molecular weight excluding hydrogens is 544 g/mol. The molecule has 1 amide bonds. The molecule has 9 heteroatoms. The molecule has 0 radical (unpaired) electrons. The van der Waals surface area contributed by atoms with Crippen LogP contribution in [0.25, 0.3) is 27.3 Å². The van der Waals surface area contributed by atoms with Crippen LogP contribution in [0.5, 0.6) is 0 Å². The van der Waals surface area contributed by atoms with E-state index in [1.54, 1.807) is 12.1 Å². The molecule has 0 fully saturated rings. The van der Waals surface area contributed by atoms with Crippen LogP contribution in [0.15, 0.2) is 76.0 Å². The van der Waals surface area contributed by atoms with Crippen LogP contribution < -0.4 is 21.9 Å². The Morgan fingerprint density at radius 1 is 0.895 bits per heavy atom. The van der Waals surface area contributed by atoms with Gasteiger partial charge in [-0.15, -0.1) is 5.10 Å². The Labute approximate surface area is 228 Å². The molecule has 0 aliphatic carbocycles. The van der Waals surface area contributed by atoms with Crippen LogP contribution in [0, 0.1) is 0 Å². The molecule has 0 aliphatic heterocycles. The average molecular weight is 573 g/mol. The third-order valence-electron chi connectivity index (χ3n) is 6.54. The average Bonchev–Trinajstić information content (AvgIpc) is 2.92. The quantitative estimate of drug-likeness (QED) is 0.0802. The number of anilines is 3. The zero-order chi connectivity index (χ0) is 26.5. The number of nitrogens with one attached hydrogen (secondary N) is 2. The third-order valence-corrected chi connectivity index (χ3v) is 7.03. The van der Waals surface area contributed by atoms with Gasteiger partial charge in [0.25, 0.3) is 5.56 Å². The van der Waals surface area contributed by atoms with Crippen molar-refractivity contribution in [2.45, 2.75) is 38.5 Å². The van der Waals surface area contributed by atoms with Gasteiger partial charge >= 0.3 is 0 Å². The number of para-hydroxylation sites is 2. The molecule has 2 aromatic heterocycles. The summed E-state index contributed by atoms with van der Waals surface area (Å²) in [6.07, 6.45) is 5.33. The SMILES string of the molecule is Nc1ccccc1NC(=O)CCCCCCCNc1nn2c(=O)c3cc(Br)ccc3nc2c2ccccc12. The van der Waals surface area contributed by atoms with Crippen LogP contribution in [-0.4, -0.2) is 27.0 Å². The normalized spacial score (nSPS) is 11.3. The summed E-state index contributed by atoms with van der Waals surface area (Å²) in [5, 5.41) is 13.3. The Morgan fingerprint density at radius 2 is 1.63 bits per heavy atom. The molecule has 0 atom stereocenters. The number of aromatic nitrogens is 3. The van der Waals surface area contributed by atoms with Crippen molar-refractivity contribution in [2.75, 3.05) is 22.9 Å². The summed E-state index contributed by atoms with van der Waals surface area (Å²) in [7, 11) is 0. The third kappa shape index (κ3) is 5.62. The molecule has 0 saturated heterocycles. The lowest BCUT2D eigenvalue weighted by Crippen LogP contribution is -2.20. The van der Waals surface area contributed by atoms with Crippen molar-refractivity contribution in [1.82, 2.24) is 14.6 Å². The molecule has 38 heavy (non-hydrogen) atoms. The number of nitrogens with two attached hydrogens (primary N) is 1. The van der Waals surface area contributed by atoms with Crippen molar-refractivity contribution in [3.63, 3.8) is 0 Å². The monoisotopic (exact) mass is 572 g/mol. The van der Waals surface area contributed by atoms with E-state index >= 15 is 0 Å². The summed E-state index contributed by atoms with van der Waals surface area (Å²) in [5.41, 5.74) is 8.11. The highest BCUT2D eigenvalue weighted by molar-refractivity contribution is 9.10. The van der Waals surface area contributed by atoms with E-state index in [9.17, 15) is 9.59 Å². The van der Waals surface area contributed by atoms with Crippen LogP contribution in [0.3, 0.4) is 0 Å². The van der Waals surface area contributed by atoms with Gasteiger partial charge in [-0.2, -0.15) is 4.52 Å². The molecular formula is C29H29BrN6O2. The zero-order valence-electron chi connectivity index (χ0n) is 20.9. The first-order valence-corrected chi connectivity index (χ1v) is 13.6. The van der Waals surface area contributed by atoms with Crippen molar-refractivity contribution in [1.29, 1.82) is 0 Å². The van der Waals surface area contributed by atoms with Crippen molar-refractivity contribution in [3.8, 4) is 0 Å². The van der Waals surface area contributed by atoms with Gasteiger partial charge in [0.15, 0.2) is 11.5 Å². The standard InChI is InChI=1S/C29H29BrN6O2/c30-19-15-16-24-22(18-19)29(38)36-28(34-24)21-11-6-5-10-20(21)27(35-36)32-17-9-3-1-2-4-14-26(37)33-25-13-8-7-12-23(25)31/h5-8,10-13,15-16,18H,1-4,9,14,17,31H2,(H,32,35)(H,33,37). The summed E-state index contributed by atoms with van der Waals surface area (Å²) >= 11 is 3.44. The topological polar surface area (TPSA) is 114 Å². The molecule has 0 spiro atoms. The second-order valence-corrected chi connectivity index (χ2v) is 10.2. The Morgan fingerprint density at radius 3 is 2.47 bits per heavy atom. The molecule has 5 rings (SSSR count). The van der Waals surface area contributed by atoms with E-state index in [0.717, 1.165) is 53.9 Å². The predicted molar refractivity (Wildman–Crippen MR) is 158 cm³/mol. The minimum Gasteiger partial charge on any atom is -0.397 e. The lowest BCUT2D eigenvalue weighted by molar-refractivity contribution is -0.116. The van der Waals surface area contributed by atoms with Gasteiger partial charge in [-0.1, -0.05) is 71.6 Å². The lowest BCUT2D eigenvalue weighted by atomic mass is 10.1. The fourth-order valence-electron chi connectivity index (χ4n) is 4.56. The van der Waals surface area contributed by atoms with Crippen LogP contribution in [-0.2, 0) is 4.79 Å². The maximum atomic E-state index is 13.3. The number of nitrogens with zero attached hydrogens (tertiary/aromatic N) is 3. The van der Waals surface area contributed by atoms with Gasteiger partial charge in [0.05, 0.1) is 22.3 Å². The fourth-order valence-corrected chi connectivity index (χ4v) is 4.92. The largest absolute Gasteiger partial charge is 0.397 e. The Kier molecular flexibility index (Phi) is 7.83. The summed E-state index contributed by atoms with van der Waals surface area (Å²) < 4.78 is 2.22. The molecule has 0 unspecified atom stereocenters. The van der Waals surface area contributed by atoms with Gasteiger partial charge in [0, 0.05) is 28.2 Å². The first kappa shape index (κ1) is 25.7. The molecule has 194 valence electrons. The summed E-state index contributed by atoms with van der Waals surface area (Å²) in [6, 6.07) is 20.7. The van der Waals surface area contributed by atoms with Gasteiger partial charge in [-0.25, -0.2) is 4.98 Å². The van der Waals surface area contributed by atoms with E-state index in [-0.39, 0.29) is 11.5 Å². The number of halogens is 1. The Hall–Kier alpha value is -3.98. The minimum atomic E-state index is -0.195. The molecule has 0 aliphatic rings. The lowest BCUT2D eigenvalue weighted by Gasteiger charge is -2.12. The van der Waals surface area contributed by atoms with Crippen LogP contribution >= 0.6 is 15.9 Å². The summed E-state index contributed by atoms with van der Waals surface area (Å²) in [4.78, 5) is 30.2. The molecule has 0 saturated carbocycles. The van der Waals surface area contributed by atoms with Gasteiger partial charge < -0.3 is 16.4 Å². The maximum absolute atomic E-state index is 13.3. The van der Waals surface area contributed by atoms with E-state index in [0.29, 0.717) is 40.2 Å². The number of carbonyl (C=O) groups excluding carboxylic acids is 1. The number of amides is 1. The van der Waals surface area contributed by atoms with E-state index in [4.69, 9.17) is 10.7 Å². The number of hydrogen-bond donors (Lipinski definition) is 3. The van der Waals surface area contributed by atoms with E-state index in [1.165, 1.54) is 4.52 Å². The first-order valence-electron chi connectivity index (χ1n) is 12.8. The number of carbonyl (C=O) groups is 1. The minimum absolute atomic E-state index is 0.0105. The van der Waals surface area contributed by atoms with Gasteiger partial charge in [0.2, 0.25) is 5.91 Å². The van der Waals surface area contributed by atoms with Crippen LogP contribution in [0.1, 0.15) is 38.5 Å². The van der Waals surface area contributed by atoms with Crippen molar-refractivity contribution in [3.05, 3.63) is 81.6 Å². The van der Waals surface area contributed by atoms with E-state index in [2.05, 4.69) is 31.7 Å². The highest BCUT2D eigenvalue weighted by Gasteiger charge is 2.13. The van der Waals surface area contributed by atoms with Gasteiger partial charge in [0.1, 0.15) is 0 Å². The smallest absolute Gasteiger partial charge is 0.282 e. The van der Waals surface area contributed by atoms with Crippen molar-refractivity contribution >= 4 is 66.4 Å². The van der Waals surface area contributed by atoms with Crippen LogP contribution in [0.2, 0.25) is 0 Å². The van der Waals surface area contributed by atoms with Crippen LogP contribution in [0.4, 0.5) is 17.2 Å².